The Morgan fingerprint density at radius 2 is 1.81 bits per heavy atom. The van der Waals surface area contributed by atoms with Crippen molar-refractivity contribution in [2.24, 2.45) is 17.8 Å². The van der Waals surface area contributed by atoms with E-state index >= 15 is 0 Å². The molecule has 0 spiro atoms. The van der Waals surface area contributed by atoms with E-state index in [1.165, 1.54) is 30.5 Å². The van der Waals surface area contributed by atoms with Crippen molar-refractivity contribution in [1.29, 1.82) is 0 Å². The average Bonchev–Trinajstić information content (AvgIpc) is 3.18. The van der Waals surface area contributed by atoms with Gasteiger partial charge in [0.1, 0.15) is 6.29 Å². The van der Waals surface area contributed by atoms with Crippen LogP contribution in [0.3, 0.4) is 0 Å². The van der Waals surface area contributed by atoms with Crippen molar-refractivity contribution in [3.05, 3.63) is 65.5 Å². The molecule has 0 radical (unpaired) electrons. The van der Waals surface area contributed by atoms with Crippen molar-refractivity contribution < 1.29 is 14.3 Å². The van der Waals surface area contributed by atoms with Gasteiger partial charge >= 0.3 is 0 Å². The number of likely N-dealkylation sites (tertiary alicyclic amines) is 1. The van der Waals surface area contributed by atoms with Gasteiger partial charge in [-0.2, -0.15) is 0 Å². The number of fused-ring (bicyclic) bond motifs is 1. The number of benzene rings is 2. The SMILES string of the molecule is O=CC(c1ccc(O)c(F)c1)N1C[C@H]2C[C@H](Cc3ccccc3)C[C@H]2C1. The average molecular weight is 353 g/mol. The Hall–Kier alpha value is -2.20. The van der Waals surface area contributed by atoms with E-state index in [1.54, 1.807) is 6.07 Å². The molecule has 1 heterocycles. The van der Waals surface area contributed by atoms with Gasteiger partial charge in [0, 0.05) is 13.1 Å². The van der Waals surface area contributed by atoms with Crippen LogP contribution in [0.25, 0.3) is 0 Å². The number of aromatic hydroxyl groups is 1. The Balaban J connectivity index is 1.40. The topological polar surface area (TPSA) is 40.5 Å². The molecule has 4 heteroatoms. The number of phenols is 1. The summed E-state index contributed by atoms with van der Waals surface area (Å²) in [6, 6.07) is 14.5. The van der Waals surface area contributed by atoms with Gasteiger partial charge in [-0.3, -0.25) is 4.90 Å². The van der Waals surface area contributed by atoms with Gasteiger partial charge < -0.3 is 9.90 Å². The number of hydrogen-bond donors (Lipinski definition) is 1. The van der Waals surface area contributed by atoms with Gasteiger partial charge in [0.2, 0.25) is 0 Å². The summed E-state index contributed by atoms with van der Waals surface area (Å²) in [6.07, 6.45) is 4.43. The second-order valence-corrected chi connectivity index (χ2v) is 7.79. The van der Waals surface area contributed by atoms with Gasteiger partial charge in [0.15, 0.2) is 11.6 Å². The molecule has 4 rings (SSSR count). The standard InChI is InChI=1S/C22H24FNO2/c23-20-11-17(6-7-22(20)26)21(14-25)24-12-18-9-16(10-19(18)13-24)8-15-4-2-1-3-5-15/h1-7,11,14,16,18-19,21,26H,8-10,12-13H2/t16-,18+,19-,21?. The van der Waals surface area contributed by atoms with Crippen LogP contribution in [0, 0.1) is 23.6 Å². The maximum absolute atomic E-state index is 13.7. The molecule has 1 saturated heterocycles. The lowest BCUT2D eigenvalue weighted by atomic mass is 9.96. The summed E-state index contributed by atoms with van der Waals surface area (Å²) >= 11 is 0. The summed E-state index contributed by atoms with van der Waals surface area (Å²) in [4.78, 5) is 13.9. The quantitative estimate of drug-likeness (QED) is 0.827. The number of nitrogens with zero attached hydrogens (tertiary/aromatic N) is 1. The highest BCUT2D eigenvalue weighted by atomic mass is 19.1. The van der Waals surface area contributed by atoms with E-state index in [0.29, 0.717) is 17.4 Å². The Morgan fingerprint density at radius 3 is 2.42 bits per heavy atom. The zero-order chi connectivity index (χ0) is 18.1. The third-order valence-electron chi connectivity index (χ3n) is 6.08. The highest BCUT2D eigenvalue weighted by molar-refractivity contribution is 5.62. The molecule has 26 heavy (non-hydrogen) atoms. The first-order valence-corrected chi connectivity index (χ1v) is 9.35. The summed E-state index contributed by atoms with van der Waals surface area (Å²) < 4.78 is 13.7. The monoisotopic (exact) mass is 353 g/mol. The second kappa shape index (κ2) is 7.20. The van der Waals surface area contributed by atoms with Crippen LogP contribution < -0.4 is 0 Å². The fourth-order valence-electron chi connectivity index (χ4n) is 4.89. The smallest absolute Gasteiger partial charge is 0.165 e. The number of carbonyl (C=O) groups is 1. The summed E-state index contributed by atoms with van der Waals surface area (Å²) in [6.45, 7) is 1.78. The lowest BCUT2D eigenvalue weighted by Gasteiger charge is -2.25. The van der Waals surface area contributed by atoms with Crippen molar-refractivity contribution in [2.45, 2.75) is 25.3 Å². The molecule has 136 valence electrons. The molecule has 1 aliphatic heterocycles. The van der Waals surface area contributed by atoms with E-state index in [-0.39, 0.29) is 5.75 Å². The maximum atomic E-state index is 13.7. The molecule has 2 aliphatic rings. The van der Waals surface area contributed by atoms with Gasteiger partial charge in [0.05, 0.1) is 6.04 Å². The molecule has 2 aromatic rings. The van der Waals surface area contributed by atoms with Crippen molar-refractivity contribution >= 4 is 6.29 Å². The Labute approximate surface area is 153 Å². The Bertz CT molecular complexity index is 765. The normalized spacial score (nSPS) is 26.6. The number of halogens is 1. The number of phenolic OH excluding ortho intramolecular Hbond substituents is 1. The van der Waals surface area contributed by atoms with Crippen LogP contribution >= 0.6 is 0 Å². The molecule has 0 aromatic heterocycles. The number of rotatable bonds is 5. The molecule has 1 unspecified atom stereocenters. The largest absolute Gasteiger partial charge is 0.505 e. The van der Waals surface area contributed by atoms with Crippen LogP contribution in [-0.2, 0) is 11.2 Å². The predicted molar refractivity (Wildman–Crippen MR) is 98.3 cm³/mol. The minimum absolute atomic E-state index is 0.375. The molecule has 0 bridgehead atoms. The predicted octanol–water partition coefficient (Wildman–Crippen LogP) is 3.97. The van der Waals surface area contributed by atoms with Crippen LogP contribution in [0.2, 0.25) is 0 Å². The third kappa shape index (κ3) is 3.38. The second-order valence-electron chi connectivity index (χ2n) is 7.79. The van der Waals surface area contributed by atoms with Crippen LogP contribution in [-0.4, -0.2) is 29.4 Å². The number of hydrogen-bond acceptors (Lipinski definition) is 3. The zero-order valence-corrected chi connectivity index (χ0v) is 14.7. The molecule has 2 aromatic carbocycles. The first kappa shape index (κ1) is 17.2. The van der Waals surface area contributed by atoms with E-state index in [9.17, 15) is 14.3 Å². The number of carbonyl (C=O) groups excluding carboxylic acids is 1. The Kier molecular flexibility index (Phi) is 4.77. The molecular weight excluding hydrogens is 329 g/mol. The Morgan fingerprint density at radius 1 is 1.12 bits per heavy atom. The van der Waals surface area contributed by atoms with Gasteiger partial charge in [-0.1, -0.05) is 36.4 Å². The molecule has 2 fully saturated rings. The molecule has 1 N–H and O–H groups in total. The fraction of sp³-hybridized carbons (Fsp3) is 0.409. The highest BCUT2D eigenvalue weighted by Gasteiger charge is 2.42. The summed E-state index contributed by atoms with van der Waals surface area (Å²) in [5.74, 6) is 0.911. The summed E-state index contributed by atoms with van der Waals surface area (Å²) in [5.41, 5.74) is 2.02. The third-order valence-corrected chi connectivity index (χ3v) is 6.08. The molecule has 1 saturated carbocycles. The first-order valence-electron chi connectivity index (χ1n) is 9.35. The van der Waals surface area contributed by atoms with Crippen LogP contribution in [0.5, 0.6) is 5.75 Å². The van der Waals surface area contributed by atoms with Crippen molar-refractivity contribution in [1.82, 2.24) is 4.90 Å². The highest BCUT2D eigenvalue weighted by Crippen LogP contribution is 2.44. The first-order chi connectivity index (χ1) is 12.6. The molecule has 3 nitrogen and oxygen atoms in total. The molecular formula is C22H24FNO2. The van der Waals surface area contributed by atoms with E-state index in [1.807, 2.05) is 0 Å². The van der Waals surface area contributed by atoms with E-state index in [2.05, 4.69) is 35.2 Å². The molecule has 4 atom stereocenters. The fourth-order valence-corrected chi connectivity index (χ4v) is 4.89. The van der Waals surface area contributed by atoms with E-state index in [0.717, 1.165) is 31.7 Å². The lowest BCUT2D eigenvalue weighted by Crippen LogP contribution is -2.29. The van der Waals surface area contributed by atoms with Crippen molar-refractivity contribution in [2.75, 3.05) is 13.1 Å². The summed E-state index contributed by atoms with van der Waals surface area (Å²) in [7, 11) is 0. The van der Waals surface area contributed by atoms with Crippen molar-refractivity contribution in [3.63, 3.8) is 0 Å². The van der Waals surface area contributed by atoms with Gasteiger partial charge in [-0.25, -0.2) is 4.39 Å². The maximum Gasteiger partial charge on any atom is 0.165 e. The van der Waals surface area contributed by atoms with E-state index < -0.39 is 11.9 Å². The van der Waals surface area contributed by atoms with Gasteiger partial charge in [0.25, 0.3) is 0 Å². The van der Waals surface area contributed by atoms with Crippen molar-refractivity contribution in [3.8, 4) is 5.75 Å². The number of aldehydes is 1. The minimum Gasteiger partial charge on any atom is -0.505 e. The van der Waals surface area contributed by atoms with Crippen LogP contribution in [0.15, 0.2) is 48.5 Å². The zero-order valence-electron chi connectivity index (χ0n) is 14.7. The van der Waals surface area contributed by atoms with Gasteiger partial charge in [-0.05, 0) is 60.3 Å². The van der Waals surface area contributed by atoms with Crippen LogP contribution in [0.4, 0.5) is 4.39 Å². The summed E-state index contributed by atoms with van der Waals surface area (Å²) in [5, 5.41) is 9.37. The van der Waals surface area contributed by atoms with E-state index in [4.69, 9.17) is 0 Å². The lowest BCUT2D eigenvalue weighted by molar-refractivity contribution is -0.112. The molecule has 0 amide bonds. The minimum atomic E-state index is -0.670. The van der Waals surface area contributed by atoms with Crippen LogP contribution in [0.1, 0.15) is 30.0 Å². The molecule has 1 aliphatic carbocycles. The van der Waals surface area contributed by atoms with Gasteiger partial charge in [-0.15, -0.1) is 0 Å².